The van der Waals surface area contributed by atoms with Crippen molar-refractivity contribution in [2.45, 2.75) is 37.5 Å². The van der Waals surface area contributed by atoms with E-state index in [1.165, 1.54) is 64.8 Å². The van der Waals surface area contributed by atoms with Crippen molar-refractivity contribution in [3.05, 3.63) is 96.1 Å². The lowest BCUT2D eigenvalue weighted by Crippen LogP contribution is -2.31. The summed E-state index contributed by atoms with van der Waals surface area (Å²) in [6.07, 6.45) is 6.47. The second kappa shape index (κ2) is 6.29. The quantitative estimate of drug-likeness (QED) is 0.362. The van der Waals surface area contributed by atoms with Gasteiger partial charge in [-0.15, -0.1) is 0 Å². The molecule has 0 bridgehead atoms. The van der Waals surface area contributed by atoms with Gasteiger partial charge >= 0.3 is 0 Å². The van der Waals surface area contributed by atoms with E-state index >= 15 is 0 Å². The predicted octanol–water partition coefficient (Wildman–Crippen LogP) is 7.24. The van der Waals surface area contributed by atoms with Gasteiger partial charge in [0.2, 0.25) is 0 Å². The van der Waals surface area contributed by atoms with Crippen LogP contribution >= 0.6 is 0 Å². The van der Waals surface area contributed by atoms with Gasteiger partial charge in [-0.1, -0.05) is 104 Å². The van der Waals surface area contributed by atoms with E-state index in [0.29, 0.717) is 0 Å². The molecule has 1 aliphatic carbocycles. The molecule has 0 aliphatic heterocycles. The summed E-state index contributed by atoms with van der Waals surface area (Å²) in [5.41, 5.74) is 3.17. The second-order valence-corrected chi connectivity index (χ2v) is 7.70. The maximum absolute atomic E-state index is 2.38. The SMILES string of the molecule is c1ccc2c(C3(c4cccc5ccccc45)CCCCC3)cccc2c1. The van der Waals surface area contributed by atoms with Gasteiger partial charge in [0.15, 0.2) is 0 Å². The van der Waals surface area contributed by atoms with Crippen LogP contribution in [0.3, 0.4) is 0 Å². The molecule has 0 nitrogen and oxygen atoms in total. The maximum atomic E-state index is 2.38. The average Bonchev–Trinajstić information content (AvgIpc) is 2.73. The summed E-state index contributed by atoms with van der Waals surface area (Å²) >= 11 is 0. The number of hydrogen-bond donors (Lipinski definition) is 0. The van der Waals surface area contributed by atoms with Crippen LogP contribution in [0.15, 0.2) is 84.9 Å². The number of benzene rings is 4. The normalized spacial score (nSPS) is 16.8. The van der Waals surface area contributed by atoms with Gasteiger partial charge in [-0.2, -0.15) is 0 Å². The molecule has 1 saturated carbocycles. The van der Waals surface area contributed by atoms with E-state index in [1.807, 2.05) is 0 Å². The van der Waals surface area contributed by atoms with E-state index in [9.17, 15) is 0 Å². The minimum atomic E-state index is 0.125. The molecule has 0 heterocycles. The molecule has 0 amide bonds. The van der Waals surface area contributed by atoms with Crippen LogP contribution < -0.4 is 0 Å². The fourth-order valence-electron chi connectivity index (χ4n) is 5.12. The van der Waals surface area contributed by atoms with Crippen molar-refractivity contribution in [3.63, 3.8) is 0 Å². The van der Waals surface area contributed by atoms with E-state index in [1.54, 1.807) is 0 Å². The zero-order chi connectivity index (χ0) is 17.4. The molecule has 1 fully saturated rings. The Labute approximate surface area is 155 Å². The molecule has 26 heavy (non-hydrogen) atoms. The highest BCUT2D eigenvalue weighted by Gasteiger charge is 2.37. The summed E-state index contributed by atoms with van der Waals surface area (Å²) in [6, 6.07) is 31.6. The maximum Gasteiger partial charge on any atom is 0.0215 e. The highest BCUT2D eigenvalue weighted by molar-refractivity contribution is 5.91. The molecule has 0 N–H and O–H groups in total. The third-order valence-corrected chi connectivity index (χ3v) is 6.32. The van der Waals surface area contributed by atoms with Crippen LogP contribution in [0.1, 0.15) is 43.2 Å². The molecule has 1 aliphatic rings. The van der Waals surface area contributed by atoms with Gasteiger partial charge in [0.1, 0.15) is 0 Å². The fraction of sp³-hybridized carbons (Fsp3) is 0.231. The largest absolute Gasteiger partial charge is 0.0616 e. The summed E-state index contributed by atoms with van der Waals surface area (Å²) < 4.78 is 0. The van der Waals surface area contributed by atoms with E-state index in [-0.39, 0.29) is 5.41 Å². The molecule has 4 aromatic carbocycles. The van der Waals surface area contributed by atoms with E-state index < -0.39 is 0 Å². The van der Waals surface area contributed by atoms with Crippen molar-refractivity contribution >= 4 is 21.5 Å². The molecule has 0 heteroatoms. The molecule has 128 valence electrons. The van der Waals surface area contributed by atoms with Gasteiger partial charge < -0.3 is 0 Å². The van der Waals surface area contributed by atoms with Crippen LogP contribution in [0.2, 0.25) is 0 Å². The van der Waals surface area contributed by atoms with Crippen molar-refractivity contribution in [1.82, 2.24) is 0 Å². The van der Waals surface area contributed by atoms with Gasteiger partial charge in [0.25, 0.3) is 0 Å². The van der Waals surface area contributed by atoms with Crippen molar-refractivity contribution < 1.29 is 0 Å². The summed E-state index contributed by atoms with van der Waals surface area (Å²) in [7, 11) is 0. The monoisotopic (exact) mass is 336 g/mol. The van der Waals surface area contributed by atoms with E-state index in [4.69, 9.17) is 0 Å². The molecule has 4 aromatic rings. The molecule has 0 unspecified atom stereocenters. The van der Waals surface area contributed by atoms with Gasteiger partial charge in [0.05, 0.1) is 0 Å². The Balaban J connectivity index is 1.85. The Kier molecular flexibility index (Phi) is 3.78. The number of hydrogen-bond acceptors (Lipinski definition) is 0. The molecule has 0 saturated heterocycles. The summed E-state index contributed by atoms with van der Waals surface area (Å²) in [6.45, 7) is 0. The van der Waals surface area contributed by atoms with E-state index in [0.717, 1.165) is 0 Å². The first-order valence-corrected chi connectivity index (χ1v) is 9.85. The Morgan fingerprint density at radius 2 is 0.923 bits per heavy atom. The van der Waals surface area contributed by atoms with Crippen molar-refractivity contribution in [1.29, 1.82) is 0 Å². The molecule has 5 rings (SSSR count). The van der Waals surface area contributed by atoms with Gasteiger partial charge in [-0.3, -0.25) is 0 Å². The zero-order valence-corrected chi connectivity index (χ0v) is 15.1. The number of rotatable bonds is 2. The topological polar surface area (TPSA) is 0 Å². The Bertz CT molecular complexity index is 976. The summed E-state index contributed by atoms with van der Waals surface area (Å²) in [4.78, 5) is 0. The first-order valence-electron chi connectivity index (χ1n) is 9.85. The molecule has 0 atom stereocenters. The molecule has 0 spiro atoms. The van der Waals surface area contributed by atoms with Crippen molar-refractivity contribution in [2.24, 2.45) is 0 Å². The van der Waals surface area contributed by atoms with Crippen molar-refractivity contribution in [2.75, 3.05) is 0 Å². The minimum absolute atomic E-state index is 0.125. The zero-order valence-electron chi connectivity index (χ0n) is 15.1. The van der Waals surface area contributed by atoms with Crippen LogP contribution in [0, 0.1) is 0 Å². The minimum Gasteiger partial charge on any atom is -0.0616 e. The standard InChI is InChI=1S/C26H24/c1-6-18-26(19-7-1,24-16-8-12-20-10-2-4-14-22(20)24)25-17-9-13-21-11-3-5-15-23(21)25/h2-5,8-17H,1,6-7,18-19H2. The lowest BCUT2D eigenvalue weighted by molar-refractivity contribution is 0.350. The van der Waals surface area contributed by atoms with Gasteiger partial charge in [-0.05, 0) is 45.5 Å². The highest BCUT2D eigenvalue weighted by Crippen LogP contribution is 2.48. The first-order chi connectivity index (χ1) is 12.9. The van der Waals surface area contributed by atoms with Crippen LogP contribution in [0.25, 0.3) is 21.5 Å². The Morgan fingerprint density at radius 3 is 1.46 bits per heavy atom. The second-order valence-electron chi connectivity index (χ2n) is 7.70. The molecule has 0 aromatic heterocycles. The smallest absolute Gasteiger partial charge is 0.0215 e. The third-order valence-electron chi connectivity index (χ3n) is 6.32. The summed E-state index contributed by atoms with van der Waals surface area (Å²) in [5.74, 6) is 0. The Morgan fingerprint density at radius 1 is 0.462 bits per heavy atom. The summed E-state index contributed by atoms with van der Waals surface area (Å²) in [5, 5.41) is 5.56. The van der Waals surface area contributed by atoms with Crippen LogP contribution in [-0.2, 0) is 5.41 Å². The molecular weight excluding hydrogens is 312 g/mol. The van der Waals surface area contributed by atoms with Crippen molar-refractivity contribution in [3.8, 4) is 0 Å². The average molecular weight is 336 g/mol. The number of fused-ring (bicyclic) bond motifs is 2. The molecular formula is C26H24. The van der Waals surface area contributed by atoms with Gasteiger partial charge in [0, 0.05) is 5.41 Å². The first kappa shape index (κ1) is 15.6. The third kappa shape index (κ3) is 2.36. The fourth-order valence-corrected chi connectivity index (χ4v) is 5.12. The lowest BCUT2D eigenvalue weighted by Gasteiger charge is -2.40. The highest BCUT2D eigenvalue weighted by atomic mass is 14.4. The van der Waals surface area contributed by atoms with Crippen LogP contribution in [-0.4, -0.2) is 0 Å². The van der Waals surface area contributed by atoms with E-state index in [2.05, 4.69) is 84.9 Å². The Hall–Kier alpha value is -2.60. The van der Waals surface area contributed by atoms with Crippen LogP contribution in [0.5, 0.6) is 0 Å². The molecule has 0 radical (unpaired) electrons. The van der Waals surface area contributed by atoms with Crippen LogP contribution in [0.4, 0.5) is 0 Å². The lowest BCUT2D eigenvalue weighted by atomic mass is 9.63. The predicted molar refractivity (Wildman–Crippen MR) is 112 cm³/mol. The van der Waals surface area contributed by atoms with Gasteiger partial charge in [-0.25, -0.2) is 0 Å².